The number of carbonyl (C=O) groups is 1. The molecule has 1 N–H and O–H groups in total. The summed E-state index contributed by atoms with van der Waals surface area (Å²) >= 11 is 0. The SMILES string of the molecule is COCCOC(=O)c1ccc2[nH]ccc2c1. The van der Waals surface area contributed by atoms with Gasteiger partial charge in [0.25, 0.3) is 0 Å². The minimum absolute atomic E-state index is 0.278. The molecule has 0 fully saturated rings. The summed E-state index contributed by atoms with van der Waals surface area (Å²) in [5.41, 5.74) is 1.57. The second-order valence-corrected chi connectivity index (χ2v) is 3.41. The molecule has 0 saturated carbocycles. The molecular formula is C12H13NO3. The first-order valence-electron chi connectivity index (χ1n) is 5.04. The third-order valence-electron chi connectivity index (χ3n) is 2.31. The molecule has 84 valence electrons. The van der Waals surface area contributed by atoms with Gasteiger partial charge in [0.05, 0.1) is 12.2 Å². The number of hydrogen-bond donors (Lipinski definition) is 1. The molecule has 0 saturated heterocycles. The molecule has 0 aliphatic carbocycles. The lowest BCUT2D eigenvalue weighted by atomic mass is 10.1. The normalized spacial score (nSPS) is 10.6. The Labute approximate surface area is 93.2 Å². The molecule has 0 unspecified atom stereocenters. The van der Waals surface area contributed by atoms with Gasteiger partial charge in [-0.05, 0) is 24.3 Å². The number of methoxy groups -OCH3 is 1. The van der Waals surface area contributed by atoms with Crippen LogP contribution in [0.3, 0.4) is 0 Å². The molecule has 0 radical (unpaired) electrons. The average Bonchev–Trinajstić information content (AvgIpc) is 2.76. The van der Waals surface area contributed by atoms with Crippen molar-refractivity contribution in [3.63, 3.8) is 0 Å². The zero-order valence-corrected chi connectivity index (χ0v) is 9.03. The molecule has 0 spiro atoms. The lowest BCUT2D eigenvalue weighted by molar-refractivity contribution is 0.0388. The van der Waals surface area contributed by atoms with Gasteiger partial charge in [-0.25, -0.2) is 4.79 Å². The van der Waals surface area contributed by atoms with Crippen LogP contribution in [-0.2, 0) is 9.47 Å². The Hall–Kier alpha value is -1.81. The number of fused-ring (bicyclic) bond motifs is 1. The van der Waals surface area contributed by atoms with Crippen LogP contribution in [0.15, 0.2) is 30.5 Å². The number of hydrogen-bond acceptors (Lipinski definition) is 3. The standard InChI is InChI=1S/C12H13NO3/c1-15-6-7-16-12(14)10-2-3-11-9(8-10)4-5-13-11/h2-5,8,13H,6-7H2,1H3. The maximum absolute atomic E-state index is 11.6. The Kier molecular flexibility index (Phi) is 3.22. The van der Waals surface area contributed by atoms with Crippen molar-refractivity contribution in [3.05, 3.63) is 36.0 Å². The van der Waals surface area contributed by atoms with Gasteiger partial charge in [0.2, 0.25) is 0 Å². The summed E-state index contributed by atoms with van der Waals surface area (Å²) in [4.78, 5) is 14.7. The van der Waals surface area contributed by atoms with Crippen LogP contribution >= 0.6 is 0 Å². The van der Waals surface area contributed by atoms with Gasteiger partial charge >= 0.3 is 5.97 Å². The van der Waals surface area contributed by atoms with E-state index in [-0.39, 0.29) is 12.6 Å². The summed E-state index contributed by atoms with van der Waals surface area (Å²) in [6.45, 7) is 0.693. The number of aromatic nitrogens is 1. The fourth-order valence-corrected chi connectivity index (χ4v) is 1.48. The lowest BCUT2D eigenvalue weighted by Crippen LogP contribution is -2.09. The van der Waals surface area contributed by atoms with Gasteiger partial charge in [0.1, 0.15) is 6.61 Å². The predicted octanol–water partition coefficient (Wildman–Crippen LogP) is 1.97. The Bertz CT molecular complexity index is 490. The van der Waals surface area contributed by atoms with E-state index in [1.165, 1.54) is 0 Å². The fraction of sp³-hybridized carbons (Fsp3) is 0.250. The van der Waals surface area contributed by atoms with E-state index in [2.05, 4.69) is 4.98 Å². The number of ether oxygens (including phenoxy) is 2. The fourth-order valence-electron chi connectivity index (χ4n) is 1.48. The maximum atomic E-state index is 11.6. The molecule has 16 heavy (non-hydrogen) atoms. The molecule has 0 amide bonds. The van der Waals surface area contributed by atoms with E-state index in [0.717, 1.165) is 10.9 Å². The van der Waals surface area contributed by atoms with E-state index in [1.807, 2.05) is 18.3 Å². The predicted molar refractivity (Wildman–Crippen MR) is 60.5 cm³/mol. The van der Waals surface area contributed by atoms with E-state index in [9.17, 15) is 4.79 Å². The van der Waals surface area contributed by atoms with E-state index >= 15 is 0 Å². The van der Waals surface area contributed by atoms with Crippen molar-refractivity contribution in [2.75, 3.05) is 20.3 Å². The highest BCUT2D eigenvalue weighted by Gasteiger charge is 2.07. The first-order chi connectivity index (χ1) is 7.81. The van der Waals surface area contributed by atoms with E-state index in [4.69, 9.17) is 9.47 Å². The Morgan fingerprint density at radius 2 is 2.19 bits per heavy atom. The van der Waals surface area contributed by atoms with Gasteiger partial charge in [0, 0.05) is 24.2 Å². The summed E-state index contributed by atoms with van der Waals surface area (Å²) in [6, 6.07) is 7.33. The van der Waals surface area contributed by atoms with Crippen molar-refractivity contribution < 1.29 is 14.3 Å². The molecule has 1 aromatic heterocycles. The zero-order chi connectivity index (χ0) is 11.4. The molecule has 4 nitrogen and oxygen atoms in total. The number of benzene rings is 1. The van der Waals surface area contributed by atoms with Crippen LogP contribution < -0.4 is 0 Å². The minimum atomic E-state index is -0.319. The van der Waals surface area contributed by atoms with Gasteiger partial charge in [-0.3, -0.25) is 0 Å². The summed E-state index contributed by atoms with van der Waals surface area (Å²) in [6.07, 6.45) is 1.84. The Morgan fingerprint density at radius 3 is 3.00 bits per heavy atom. The smallest absolute Gasteiger partial charge is 0.338 e. The summed E-state index contributed by atoms with van der Waals surface area (Å²) < 4.78 is 9.82. The van der Waals surface area contributed by atoms with E-state index in [0.29, 0.717) is 12.2 Å². The van der Waals surface area contributed by atoms with Crippen molar-refractivity contribution in [2.24, 2.45) is 0 Å². The molecule has 0 aliphatic rings. The minimum Gasteiger partial charge on any atom is -0.460 e. The molecule has 1 aromatic carbocycles. The zero-order valence-electron chi connectivity index (χ0n) is 9.03. The van der Waals surface area contributed by atoms with Crippen molar-refractivity contribution in [3.8, 4) is 0 Å². The van der Waals surface area contributed by atoms with Gasteiger partial charge in [-0.2, -0.15) is 0 Å². The number of H-pyrrole nitrogens is 1. The van der Waals surface area contributed by atoms with Crippen molar-refractivity contribution in [2.45, 2.75) is 0 Å². The highest BCUT2D eigenvalue weighted by molar-refractivity contribution is 5.94. The second kappa shape index (κ2) is 4.81. The largest absolute Gasteiger partial charge is 0.460 e. The number of rotatable bonds is 4. The summed E-state index contributed by atoms with van der Waals surface area (Å²) in [5, 5.41) is 1.00. The number of nitrogens with one attached hydrogen (secondary N) is 1. The van der Waals surface area contributed by atoms with Crippen LogP contribution in [0.5, 0.6) is 0 Å². The number of aromatic amines is 1. The summed E-state index contributed by atoms with van der Waals surface area (Å²) in [7, 11) is 1.57. The van der Waals surface area contributed by atoms with Gasteiger partial charge < -0.3 is 14.5 Å². The molecule has 0 aliphatic heterocycles. The third kappa shape index (κ3) is 2.23. The van der Waals surface area contributed by atoms with E-state index < -0.39 is 0 Å². The number of esters is 1. The van der Waals surface area contributed by atoms with Crippen molar-refractivity contribution in [1.29, 1.82) is 0 Å². The van der Waals surface area contributed by atoms with Crippen LogP contribution in [-0.4, -0.2) is 31.3 Å². The molecule has 2 rings (SSSR count). The van der Waals surface area contributed by atoms with Crippen LogP contribution in [0.1, 0.15) is 10.4 Å². The Morgan fingerprint density at radius 1 is 1.31 bits per heavy atom. The highest BCUT2D eigenvalue weighted by Crippen LogP contribution is 2.14. The highest BCUT2D eigenvalue weighted by atomic mass is 16.6. The van der Waals surface area contributed by atoms with Gasteiger partial charge in [0.15, 0.2) is 0 Å². The topological polar surface area (TPSA) is 51.3 Å². The van der Waals surface area contributed by atoms with Crippen LogP contribution in [0.2, 0.25) is 0 Å². The monoisotopic (exact) mass is 219 g/mol. The molecule has 1 heterocycles. The lowest BCUT2D eigenvalue weighted by Gasteiger charge is -2.03. The first kappa shape index (κ1) is 10.7. The number of carbonyl (C=O) groups excluding carboxylic acids is 1. The van der Waals surface area contributed by atoms with Crippen LogP contribution in [0, 0.1) is 0 Å². The van der Waals surface area contributed by atoms with E-state index in [1.54, 1.807) is 19.2 Å². The molecule has 2 aromatic rings. The summed E-state index contributed by atoms with van der Waals surface area (Å²) in [5.74, 6) is -0.319. The van der Waals surface area contributed by atoms with Crippen molar-refractivity contribution in [1.82, 2.24) is 4.98 Å². The van der Waals surface area contributed by atoms with Gasteiger partial charge in [-0.1, -0.05) is 0 Å². The molecular weight excluding hydrogens is 206 g/mol. The average molecular weight is 219 g/mol. The first-order valence-corrected chi connectivity index (χ1v) is 5.04. The quantitative estimate of drug-likeness (QED) is 0.631. The third-order valence-corrected chi connectivity index (χ3v) is 2.31. The second-order valence-electron chi connectivity index (χ2n) is 3.41. The molecule has 0 atom stereocenters. The Balaban J connectivity index is 2.10. The van der Waals surface area contributed by atoms with Crippen molar-refractivity contribution >= 4 is 16.9 Å². The van der Waals surface area contributed by atoms with Crippen LogP contribution in [0.4, 0.5) is 0 Å². The van der Waals surface area contributed by atoms with Crippen LogP contribution in [0.25, 0.3) is 10.9 Å². The maximum Gasteiger partial charge on any atom is 0.338 e. The van der Waals surface area contributed by atoms with Gasteiger partial charge in [-0.15, -0.1) is 0 Å². The molecule has 4 heteroatoms. The molecule has 0 bridgehead atoms.